The van der Waals surface area contributed by atoms with Gasteiger partial charge in [-0.25, -0.2) is 8.42 Å². The van der Waals surface area contributed by atoms with Crippen LogP contribution in [0, 0.1) is 0 Å². The van der Waals surface area contributed by atoms with Crippen LogP contribution in [-0.4, -0.2) is 54.5 Å². The standard InChI is InChI=1S/C12H19N3O4S/c1-13-12(17)11-7-10(8-14(11)2)20(18,19)15(5-6-16)9-3-4-9/h7-9,16H,3-6H2,1-2H3,(H,13,17). The summed E-state index contributed by atoms with van der Waals surface area (Å²) in [5, 5.41) is 11.5. The van der Waals surface area contributed by atoms with Crippen LogP contribution in [0.25, 0.3) is 0 Å². The molecule has 112 valence electrons. The van der Waals surface area contributed by atoms with Gasteiger partial charge in [0.25, 0.3) is 5.91 Å². The van der Waals surface area contributed by atoms with Crippen molar-refractivity contribution in [3.8, 4) is 0 Å². The molecule has 1 amide bonds. The Bertz CT molecular complexity index is 604. The van der Waals surface area contributed by atoms with E-state index in [-0.39, 0.29) is 35.7 Å². The highest BCUT2D eigenvalue weighted by Gasteiger charge is 2.38. The van der Waals surface area contributed by atoms with E-state index < -0.39 is 10.0 Å². The van der Waals surface area contributed by atoms with Gasteiger partial charge in [-0.2, -0.15) is 4.31 Å². The van der Waals surface area contributed by atoms with Gasteiger partial charge in [-0.3, -0.25) is 4.79 Å². The van der Waals surface area contributed by atoms with E-state index in [1.54, 1.807) is 7.05 Å². The molecule has 0 bridgehead atoms. The van der Waals surface area contributed by atoms with Crippen molar-refractivity contribution in [2.45, 2.75) is 23.8 Å². The summed E-state index contributed by atoms with van der Waals surface area (Å²) >= 11 is 0. The maximum absolute atomic E-state index is 12.6. The Kier molecular flexibility index (Phi) is 4.17. The van der Waals surface area contributed by atoms with Crippen LogP contribution in [0.4, 0.5) is 0 Å². The van der Waals surface area contributed by atoms with Crippen molar-refractivity contribution in [3.05, 3.63) is 18.0 Å². The second-order valence-electron chi connectivity index (χ2n) is 4.82. The molecule has 8 heteroatoms. The quantitative estimate of drug-likeness (QED) is 0.743. The summed E-state index contributed by atoms with van der Waals surface area (Å²) in [7, 11) is -0.557. The molecule has 0 saturated heterocycles. The summed E-state index contributed by atoms with van der Waals surface area (Å²) in [6.07, 6.45) is 3.05. The second kappa shape index (κ2) is 5.55. The summed E-state index contributed by atoms with van der Waals surface area (Å²) in [6.45, 7) is -0.137. The summed E-state index contributed by atoms with van der Waals surface area (Å²) in [4.78, 5) is 11.7. The molecule has 1 fully saturated rings. The molecule has 0 radical (unpaired) electrons. The highest BCUT2D eigenvalue weighted by molar-refractivity contribution is 7.89. The molecule has 2 N–H and O–H groups in total. The van der Waals surface area contributed by atoms with Crippen molar-refractivity contribution < 1.29 is 18.3 Å². The van der Waals surface area contributed by atoms with E-state index in [0.717, 1.165) is 12.8 Å². The van der Waals surface area contributed by atoms with Gasteiger partial charge in [0, 0.05) is 32.9 Å². The van der Waals surface area contributed by atoms with Gasteiger partial charge in [0.2, 0.25) is 10.0 Å². The molecule has 1 saturated carbocycles. The first-order valence-electron chi connectivity index (χ1n) is 6.43. The lowest BCUT2D eigenvalue weighted by Gasteiger charge is -2.19. The number of carbonyl (C=O) groups excluding carboxylic acids is 1. The molecule has 1 aromatic rings. The van der Waals surface area contributed by atoms with Crippen LogP contribution in [0.15, 0.2) is 17.2 Å². The van der Waals surface area contributed by atoms with Crippen molar-refractivity contribution in [3.63, 3.8) is 0 Å². The monoisotopic (exact) mass is 301 g/mol. The predicted molar refractivity (Wildman–Crippen MR) is 72.8 cm³/mol. The number of hydrogen-bond acceptors (Lipinski definition) is 4. The van der Waals surface area contributed by atoms with Crippen LogP contribution in [0.3, 0.4) is 0 Å². The van der Waals surface area contributed by atoms with Crippen molar-refractivity contribution in [1.29, 1.82) is 0 Å². The topological polar surface area (TPSA) is 91.6 Å². The van der Waals surface area contributed by atoms with Crippen LogP contribution in [0.2, 0.25) is 0 Å². The fraction of sp³-hybridized carbons (Fsp3) is 0.583. The van der Waals surface area contributed by atoms with E-state index in [1.165, 1.54) is 28.2 Å². The molecule has 0 unspecified atom stereocenters. The number of nitrogens with zero attached hydrogens (tertiary/aromatic N) is 2. The molecule has 1 aromatic heterocycles. The Labute approximate surface area is 118 Å². The molecule has 20 heavy (non-hydrogen) atoms. The number of amides is 1. The zero-order chi connectivity index (χ0) is 14.9. The number of carbonyl (C=O) groups is 1. The lowest BCUT2D eigenvalue weighted by atomic mass is 10.4. The largest absolute Gasteiger partial charge is 0.395 e. The Balaban J connectivity index is 2.36. The number of aliphatic hydroxyl groups is 1. The number of rotatable bonds is 6. The van der Waals surface area contributed by atoms with E-state index in [1.807, 2.05) is 0 Å². The van der Waals surface area contributed by atoms with Gasteiger partial charge in [0.15, 0.2) is 0 Å². The molecule has 7 nitrogen and oxygen atoms in total. The first kappa shape index (κ1) is 15.0. The number of sulfonamides is 1. The molecule has 1 aliphatic rings. The minimum absolute atomic E-state index is 0.0317. The van der Waals surface area contributed by atoms with E-state index in [9.17, 15) is 13.2 Å². The Hall–Kier alpha value is -1.38. The summed E-state index contributed by atoms with van der Waals surface area (Å²) in [6, 6.07) is 1.33. The van der Waals surface area contributed by atoms with Crippen molar-refractivity contribution in [2.75, 3.05) is 20.2 Å². The molecule has 1 heterocycles. The lowest BCUT2D eigenvalue weighted by Crippen LogP contribution is -2.35. The van der Waals surface area contributed by atoms with Gasteiger partial charge >= 0.3 is 0 Å². The smallest absolute Gasteiger partial charge is 0.267 e. The van der Waals surface area contributed by atoms with E-state index in [4.69, 9.17) is 5.11 Å². The zero-order valence-electron chi connectivity index (χ0n) is 11.5. The van der Waals surface area contributed by atoms with Crippen molar-refractivity contribution >= 4 is 15.9 Å². The van der Waals surface area contributed by atoms with Crippen LogP contribution in [0.1, 0.15) is 23.3 Å². The Morgan fingerprint density at radius 2 is 2.20 bits per heavy atom. The molecule has 1 aliphatic carbocycles. The van der Waals surface area contributed by atoms with Crippen LogP contribution >= 0.6 is 0 Å². The number of nitrogens with one attached hydrogen (secondary N) is 1. The zero-order valence-corrected chi connectivity index (χ0v) is 12.4. The molecule has 0 aromatic carbocycles. The minimum Gasteiger partial charge on any atom is -0.395 e. The first-order valence-corrected chi connectivity index (χ1v) is 7.87. The maximum Gasteiger partial charge on any atom is 0.267 e. The number of hydrogen-bond donors (Lipinski definition) is 2. The normalized spacial score (nSPS) is 15.6. The predicted octanol–water partition coefficient (Wildman–Crippen LogP) is -0.470. The van der Waals surface area contributed by atoms with Crippen molar-refractivity contribution in [1.82, 2.24) is 14.2 Å². The third-order valence-corrected chi connectivity index (χ3v) is 5.24. The highest BCUT2D eigenvalue weighted by atomic mass is 32.2. The summed E-state index contributed by atoms with van der Waals surface area (Å²) in [5.41, 5.74) is 0.283. The Morgan fingerprint density at radius 1 is 1.55 bits per heavy atom. The van der Waals surface area contributed by atoms with Gasteiger partial charge in [-0.15, -0.1) is 0 Å². The van der Waals surface area contributed by atoms with Crippen LogP contribution in [-0.2, 0) is 17.1 Å². The molecule has 0 spiro atoms. The average Bonchev–Trinajstić information content (AvgIpc) is 3.16. The van der Waals surface area contributed by atoms with Crippen LogP contribution in [0.5, 0.6) is 0 Å². The fourth-order valence-corrected chi connectivity index (χ4v) is 3.87. The lowest BCUT2D eigenvalue weighted by molar-refractivity contribution is 0.0955. The van der Waals surface area contributed by atoms with Crippen LogP contribution < -0.4 is 5.32 Å². The Morgan fingerprint density at radius 3 is 2.70 bits per heavy atom. The number of aryl methyl sites for hydroxylation is 1. The number of aromatic nitrogens is 1. The maximum atomic E-state index is 12.6. The second-order valence-corrected chi connectivity index (χ2v) is 6.71. The fourth-order valence-electron chi connectivity index (χ4n) is 2.12. The third kappa shape index (κ3) is 2.72. The van der Waals surface area contributed by atoms with Gasteiger partial charge in [0.05, 0.1) is 6.61 Å². The minimum atomic E-state index is -3.67. The van der Waals surface area contributed by atoms with Crippen molar-refractivity contribution in [2.24, 2.45) is 7.05 Å². The molecule has 0 aliphatic heterocycles. The van der Waals surface area contributed by atoms with Gasteiger partial charge in [-0.05, 0) is 18.9 Å². The summed E-state index contributed by atoms with van der Waals surface area (Å²) < 4.78 is 27.9. The van der Waals surface area contributed by atoms with E-state index in [2.05, 4.69) is 5.32 Å². The molecule has 2 rings (SSSR count). The van der Waals surface area contributed by atoms with Gasteiger partial charge in [-0.1, -0.05) is 0 Å². The average molecular weight is 301 g/mol. The van der Waals surface area contributed by atoms with Gasteiger partial charge < -0.3 is 15.0 Å². The molecular weight excluding hydrogens is 282 g/mol. The number of aliphatic hydroxyl groups excluding tert-OH is 1. The van der Waals surface area contributed by atoms with E-state index in [0.29, 0.717) is 0 Å². The molecular formula is C12H19N3O4S. The SMILES string of the molecule is CNC(=O)c1cc(S(=O)(=O)N(CCO)C2CC2)cn1C. The van der Waals surface area contributed by atoms with Gasteiger partial charge in [0.1, 0.15) is 10.6 Å². The third-order valence-electron chi connectivity index (χ3n) is 3.32. The molecule has 0 atom stereocenters. The first-order chi connectivity index (χ1) is 9.41. The highest BCUT2D eigenvalue weighted by Crippen LogP contribution is 2.32. The summed E-state index contributed by atoms with van der Waals surface area (Å²) in [5.74, 6) is -0.339. The van der Waals surface area contributed by atoms with E-state index >= 15 is 0 Å².